The second-order valence-electron chi connectivity index (χ2n) is 4.80. The third kappa shape index (κ3) is 4.58. The molecule has 0 aromatic carbocycles. The van der Waals surface area contributed by atoms with Crippen LogP contribution in [0.2, 0.25) is 0 Å². The second kappa shape index (κ2) is 5.68. The van der Waals surface area contributed by atoms with Crippen LogP contribution in [0, 0.1) is 0 Å². The molecule has 0 saturated heterocycles. The van der Waals surface area contributed by atoms with Crippen molar-refractivity contribution >= 4 is 11.8 Å². The molecule has 2 N–H and O–H groups in total. The molecule has 0 aliphatic carbocycles. The van der Waals surface area contributed by atoms with Gasteiger partial charge in [-0.1, -0.05) is 0 Å². The van der Waals surface area contributed by atoms with E-state index in [1.165, 1.54) is 22.9 Å². The number of ether oxygens (including phenoxy) is 1. The van der Waals surface area contributed by atoms with Crippen molar-refractivity contribution in [2.45, 2.75) is 32.9 Å². The van der Waals surface area contributed by atoms with Gasteiger partial charge < -0.3 is 14.4 Å². The van der Waals surface area contributed by atoms with Gasteiger partial charge in [0.05, 0.1) is 12.3 Å². The van der Waals surface area contributed by atoms with Gasteiger partial charge in [-0.2, -0.15) is 0 Å². The summed E-state index contributed by atoms with van der Waals surface area (Å²) in [5.41, 5.74) is -0.375. The molecule has 0 aliphatic rings. The molecule has 6 nitrogen and oxygen atoms in total. The van der Waals surface area contributed by atoms with Crippen molar-refractivity contribution in [3.05, 3.63) is 28.7 Å². The van der Waals surface area contributed by atoms with Crippen LogP contribution in [0.1, 0.15) is 20.8 Å². The molecule has 18 heavy (non-hydrogen) atoms. The van der Waals surface area contributed by atoms with E-state index in [1.807, 2.05) is 0 Å². The van der Waals surface area contributed by atoms with Gasteiger partial charge in [0, 0.05) is 18.8 Å². The molecule has 1 heterocycles. The molecule has 0 atom stereocenters. The van der Waals surface area contributed by atoms with E-state index in [1.54, 1.807) is 20.8 Å². The average Bonchev–Trinajstić information content (AvgIpc) is 2.20. The molecule has 0 aliphatic heterocycles. The van der Waals surface area contributed by atoms with E-state index >= 15 is 0 Å². The lowest BCUT2D eigenvalue weighted by atomic mass is 10.2. The highest BCUT2D eigenvalue weighted by molar-refractivity contribution is 5.84. The highest BCUT2D eigenvalue weighted by Crippen LogP contribution is 2.10. The largest absolute Gasteiger partial charge is 0.444 e. The van der Waals surface area contributed by atoms with Crippen LogP contribution < -0.4 is 10.9 Å². The van der Waals surface area contributed by atoms with Crippen molar-refractivity contribution < 1.29 is 14.6 Å². The summed E-state index contributed by atoms with van der Waals surface area (Å²) in [6.07, 6.45) is 0.874. The average molecular weight is 254 g/mol. The van der Waals surface area contributed by atoms with E-state index in [0.717, 1.165) is 0 Å². The maximum absolute atomic E-state index is 11.5. The molecule has 6 heteroatoms. The van der Waals surface area contributed by atoms with Gasteiger partial charge in [0.25, 0.3) is 5.56 Å². The summed E-state index contributed by atoms with van der Waals surface area (Å²) in [6.45, 7) is 5.33. The maximum Gasteiger partial charge on any atom is 0.412 e. The minimum absolute atomic E-state index is 0.143. The standard InChI is InChI=1S/C12H18N2O4/c1-12(2,3)18-11(17)13-9-4-5-10(16)14(8-9)6-7-15/h4-5,8,15H,6-7H2,1-3H3,(H,13,17). The van der Waals surface area contributed by atoms with E-state index in [-0.39, 0.29) is 18.7 Å². The number of hydrogen-bond acceptors (Lipinski definition) is 4. The van der Waals surface area contributed by atoms with E-state index in [4.69, 9.17) is 9.84 Å². The Bertz CT molecular complexity index is 474. The lowest BCUT2D eigenvalue weighted by Crippen LogP contribution is -2.28. The summed E-state index contributed by atoms with van der Waals surface area (Å²) in [7, 11) is 0. The van der Waals surface area contributed by atoms with Gasteiger partial charge >= 0.3 is 6.09 Å². The van der Waals surface area contributed by atoms with Crippen LogP contribution in [0.15, 0.2) is 23.1 Å². The maximum atomic E-state index is 11.5. The normalized spacial score (nSPS) is 11.1. The minimum atomic E-state index is -0.586. The summed E-state index contributed by atoms with van der Waals surface area (Å²) in [5, 5.41) is 11.3. The van der Waals surface area contributed by atoms with Crippen LogP contribution in [-0.4, -0.2) is 28.0 Å². The van der Waals surface area contributed by atoms with Gasteiger partial charge in [-0.15, -0.1) is 0 Å². The van der Waals surface area contributed by atoms with Crippen molar-refractivity contribution in [1.29, 1.82) is 0 Å². The van der Waals surface area contributed by atoms with Crippen molar-refractivity contribution in [3.8, 4) is 0 Å². The Hall–Kier alpha value is -1.82. The summed E-state index contributed by atoms with van der Waals surface area (Å²) < 4.78 is 6.40. The number of aliphatic hydroxyl groups is 1. The lowest BCUT2D eigenvalue weighted by molar-refractivity contribution is 0.0636. The van der Waals surface area contributed by atoms with Crippen LogP contribution >= 0.6 is 0 Å². The van der Waals surface area contributed by atoms with Gasteiger partial charge in [-0.25, -0.2) is 4.79 Å². The van der Waals surface area contributed by atoms with Gasteiger partial charge in [0.2, 0.25) is 0 Å². The number of amides is 1. The number of carbonyl (C=O) groups is 1. The molecule has 1 aromatic rings. The first kappa shape index (κ1) is 14.2. The third-order valence-electron chi connectivity index (χ3n) is 1.97. The Morgan fingerprint density at radius 2 is 2.11 bits per heavy atom. The molecule has 0 bridgehead atoms. The highest BCUT2D eigenvalue weighted by Gasteiger charge is 2.16. The Morgan fingerprint density at radius 1 is 1.44 bits per heavy atom. The van der Waals surface area contributed by atoms with Crippen LogP contribution in [0.5, 0.6) is 0 Å². The van der Waals surface area contributed by atoms with Crippen LogP contribution in [0.4, 0.5) is 10.5 Å². The van der Waals surface area contributed by atoms with E-state index in [0.29, 0.717) is 5.69 Å². The number of carbonyl (C=O) groups excluding carboxylic acids is 1. The monoisotopic (exact) mass is 254 g/mol. The molecular formula is C12H18N2O4. The molecule has 0 radical (unpaired) electrons. The molecule has 1 aromatic heterocycles. The topological polar surface area (TPSA) is 80.6 Å². The van der Waals surface area contributed by atoms with Crippen molar-refractivity contribution in [2.24, 2.45) is 0 Å². The molecule has 1 amide bonds. The van der Waals surface area contributed by atoms with Crippen LogP contribution in [0.3, 0.4) is 0 Å². The quantitative estimate of drug-likeness (QED) is 0.849. The number of hydrogen-bond donors (Lipinski definition) is 2. The zero-order valence-corrected chi connectivity index (χ0v) is 10.8. The number of aliphatic hydroxyl groups excluding tert-OH is 1. The van der Waals surface area contributed by atoms with E-state index in [2.05, 4.69) is 5.32 Å². The van der Waals surface area contributed by atoms with E-state index in [9.17, 15) is 9.59 Å². The molecule has 0 fully saturated rings. The van der Waals surface area contributed by atoms with Crippen molar-refractivity contribution in [2.75, 3.05) is 11.9 Å². The molecule has 1 rings (SSSR count). The Morgan fingerprint density at radius 3 is 2.67 bits per heavy atom. The van der Waals surface area contributed by atoms with Crippen molar-refractivity contribution in [3.63, 3.8) is 0 Å². The minimum Gasteiger partial charge on any atom is -0.444 e. The number of rotatable bonds is 3. The first-order valence-electron chi connectivity index (χ1n) is 5.63. The Labute approximate surface area is 105 Å². The van der Waals surface area contributed by atoms with Gasteiger partial charge in [0.1, 0.15) is 5.60 Å². The van der Waals surface area contributed by atoms with Crippen LogP contribution in [0.25, 0.3) is 0 Å². The highest BCUT2D eigenvalue weighted by atomic mass is 16.6. The molecule has 0 saturated carbocycles. The van der Waals surface area contributed by atoms with E-state index < -0.39 is 11.7 Å². The summed E-state index contributed by atoms with van der Waals surface area (Å²) in [5.74, 6) is 0. The molecular weight excluding hydrogens is 236 g/mol. The number of pyridine rings is 1. The number of nitrogens with zero attached hydrogens (tertiary/aromatic N) is 1. The molecule has 0 spiro atoms. The van der Waals surface area contributed by atoms with Gasteiger partial charge in [-0.3, -0.25) is 10.1 Å². The van der Waals surface area contributed by atoms with Gasteiger partial charge in [0.15, 0.2) is 0 Å². The fraction of sp³-hybridized carbons (Fsp3) is 0.500. The molecule has 100 valence electrons. The predicted molar refractivity (Wildman–Crippen MR) is 67.6 cm³/mol. The zero-order valence-electron chi connectivity index (χ0n) is 10.8. The number of aromatic nitrogens is 1. The summed E-state index contributed by atoms with van der Waals surface area (Å²) in [6, 6.07) is 2.81. The smallest absolute Gasteiger partial charge is 0.412 e. The summed E-state index contributed by atoms with van der Waals surface area (Å²) in [4.78, 5) is 22.9. The SMILES string of the molecule is CC(C)(C)OC(=O)Nc1ccc(=O)n(CCO)c1. The number of anilines is 1. The van der Waals surface area contributed by atoms with Gasteiger partial charge in [-0.05, 0) is 26.8 Å². The Kier molecular flexibility index (Phi) is 4.49. The number of nitrogens with one attached hydrogen (secondary N) is 1. The fourth-order valence-corrected chi connectivity index (χ4v) is 1.31. The van der Waals surface area contributed by atoms with Crippen LogP contribution in [-0.2, 0) is 11.3 Å². The zero-order chi connectivity index (χ0) is 13.8. The molecule has 0 unspecified atom stereocenters. The fourth-order valence-electron chi connectivity index (χ4n) is 1.31. The van der Waals surface area contributed by atoms with Crippen molar-refractivity contribution in [1.82, 2.24) is 4.57 Å². The second-order valence-corrected chi connectivity index (χ2v) is 4.80. The predicted octanol–water partition coefficient (Wildman–Crippen LogP) is 1.19. The lowest BCUT2D eigenvalue weighted by Gasteiger charge is -2.19. The summed E-state index contributed by atoms with van der Waals surface area (Å²) >= 11 is 0. The third-order valence-corrected chi connectivity index (χ3v) is 1.97. The first-order chi connectivity index (χ1) is 8.31. The Balaban J connectivity index is 2.76. The first-order valence-corrected chi connectivity index (χ1v) is 5.63.